The smallest absolute Gasteiger partial charge is 0.0774 e. The average Bonchev–Trinajstić information content (AvgIpc) is 2.82. The van der Waals surface area contributed by atoms with Crippen molar-refractivity contribution in [1.29, 1.82) is 0 Å². The van der Waals surface area contributed by atoms with Crippen molar-refractivity contribution in [3.63, 3.8) is 0 Å². The molecule has 3 rings (SSSR count). The molecular formula is C18H27NO. The van der Waals surface area contributed by atoms with Crippen molar-refractivity contribution < 1.29 is 4.74 Å². The lowest BCUT2D eigenvalue weighted by molar-refractivity contribution is 0.0319. The first-order valence-corrected chi connectivity index (χ1v) is 8.26. The summed E-state index contributed by atoms with van der Waals surface area (Å²) in [6.07, 6.45) is 7.25. The fraction of sp³-hybridized carbons (Fsp3) is 0.667. The lowest BCUT2D eigenvalue weighted by Crippen LogP contribution is -2.32. The third kappa shape index (κ3) is 2.91. The molecule has 3 atom stereocenters. The van der Waals surface area contributed by atoms with Crippen LogP contribution in [0.4, 0.5) is 0 Å². The van der Waals surface area contributed by atoms with Crippen LogP contribution >= 0.6 is 0 Å². The van der Waals surface area contributed by atoms with Crippen LogP contribution in [0.1, 0.15) is 69.0 Å². The largest absolute Gasteiger partial charge is 0.373 e. The van der Waals surface area contributed by atoms with Crippen LogP contribution in [-0.2, 0) is 4.74 Å². The van der Waals surface area contributed by atoms with Gasteiger partial charge in [0.1, 0.15) is 0 Å². The van der Waals surface area contributed by atoms with E-state index in [9.17, 15) is 0 Å². The Morgan fingerprint density at radius 1 is 1.15 bits per heavy atom. The predicted molar refractivity (Wildman–Crippen MR) is 83.0 cm³/mol. The van der Waals surface area contributed by atoms with Crippen molar-refractivity contribution in [2.24, 2.45) is 0 Å². The van der Waals surface area contributed by atoms with Gasteiger partial charge in [-0.2, -0.15) is 0 Å². The van der Waals surface area contributed by atoms with Crippen molar-refractivity contribution in [2.75, 3.05) is 6.54 Å². The van der Waals surface area contributed by atoms with Gasteiger partial charge in [-0.1, -0.05) is 37.6 Å². The van der Waals surface area contributed by atoms with E-state index in [0.29, 0.717) is 18.2 Å². The van der Waals surface area contributed by atoms with Gasteiger partial charge in [-0.3, -0.25) is 0 Å². The van der Waals surface area contributed by atoms with Gasteiger partial charge < -0.3 is 10.1 Å². The SMILES string of the molecule is CCNC(c1ccc(C2CCC2)cc1)C1CCC(C)O1. The molecule has 0 spiro atoms. The molecule has 1 heterocycles. The van der Waals surface area contributed by atoms with Gasteiger partial charge in [0.05, 0.1) is 18.2 Å². The molecule has 0 bridgehead atoms. The number of rotatable bonds is 5. The van der Waals surface area contributed by atoms with Crippen LogP contribution in [0.3, 0.4) is 0 Å². The monoisotopic (exact) mass is 273 g/mol. The summed E-state index contributed by atoms with van der Waals surface area (Å²) in [5, 5.41) is 3.61. The zero-order chi connectivity index (χ0) is 13.9. The van der Waals surface area contributed by atoms with Gasteiger partial charge in [-0.05, 0) is 56.2 Å². The van der Waals surface area contributed by atoms with Crippen LogP contribution in [0, 0.1) is 0 Å². The van der Waals surface area contributed by atoms with Gasteiger partial charge in [-0.15, -0.1) is 0 Å². The van der Waals surface area contributed by atoms with Crippen LogP contribution in [0.5, 0.6) is 0 Å². The Balaban J connectivity index is 1.72. The quantitative estimate of drug-likeness (QED) is 0.869. The van der Waals surface area contributed by atoms with E-state index in [4.69, 9.17) is 4.74 Å². The molecule has 0 amide bonds. The Bertz CT molecular complexity index is 424. The molecule has 0 radical (unpaired) electrons. The minimum Gasteiger partial charge on any atom is -0.373 e. The zero-order valence-corrected chi connectivity index (χ0v) is 12.8. The summed E-state index contributed by atoms with van der Waals surface area (Å²) < 4.78 is 6.08. The van der Waals surface area contributed by atoms with E-state index in [2.05, 4.69) is 43.4 Å². The highest BCUT2D eigenvalue weighted by atomic mass is 16.5. The van der Waals surface area contributed by atoms with Crippen molar-refractivity contribution in [2.45, 2.75) is 70.1 Å². The fourth-order valence-corrected chi connectivity index (χ4v) is 3.48. The van der Waals surface area contributed by atoms with Gasteiger partial charge in [0, 0.05) is 0 Å². The molecule has 20 heavy (non-hydrogen) atoms. The molecule has 2 aliphatic rings. The summed E-state index contributed by atoms with van der Waals surface area (Å²) >= 11 is 0. The molecule has 1 N–H and O–H groups in total. The molecule has 2 fully saturated rings. The van der Waals surface area contributed by atoms with Crippen LogP contribution in [0.25, 0.3) is 0 Å². The maximum atomic E-state index is 6.08. The standard InChI is InChI=1S/C18H27NO/c1-3-19-18(17-12-7-13(2)20-17)16-10-8-15(9-11-16)14-5-4-6-14/h8-11,13-14,17-19H,3-7,12H2,1-2H3. The molecule has 2 heteroatoms. The second kappa shape index (κ2) is 6.28. The van der Waals surface area contributed by atoms with Gasteiger partial charge in [0.25, 0.3) is 0 Å². The molecular weight excluding hydrogens is 246 g/mol. The zero-order valence-electron chi connectivity index (χ0n) is 12.8. The Morgan fingerprint density at radius 3 is 2.40 bits per heavy atom. The highest BCUT2D eigenvalue weighted by Crippen LogP contribution is 2.37. The highest BCUT2D eigenvalue weighted by molar-refractivity contribution is 5.29. The maximum Gasteiger partial charge on any atom is 0.0774 e. The van der Waals surface area contributed by atoms with Crippen LogP contribution in [0.2, 0.25) is 0 Å². The number of ether oxygens (including phenoxy) is 1. The summed E-state index contributed by atoms with van der Waals surface area (Å²) in [7, 11) is 0. The van der Waals surface area contributed by atoms with Crippen molar-refractivity contribution in [3.8, 4) is 0 Å². The van der Waals surface area contributed by atoms with Gasteiger partial charge in [0.2, 0.25) is 0 Å². The first-order chi connectivity index (χ1) is 9.78. The Kier molecular flexibility index (Phi) is 4.42. The maximum absolute atomic E-state index is 6.08. The number of hydrogen-bond donors (Lipinski definition) is 1. The van der Waals surface area contributed by atoms with Crippen LogP contribution < -0.4 is 5.32 Å². The molecule has 1 saturated carbocycles. The molecule has 1 aromatic rings. The summed E-state index contributed by atoms with van der Waals surface area (Å²) in [6, 6.07) is 9.64. The van der Waals surface area contributed by atoms with Crippen molar-refractivity contribution >= 4 is 0 Å². The highest BCUT2D eigenvalue weighted by Gasteiger charge is 2.30. The molecule has 1 aliphatic carbocycles. The molecule has 1 aromatic carbocycles. The van der Waals surface area contributed by atoms with E-state index in [1.807, 2.05) is 0 Å². The number of likely N-dealkylation sites (N-methyl/N-ethyl adjacent to an activating group) is 1. The fourth-order valence-electron chi connectivity index (χ4n) is 3.48. The van der Waals surface area contributed by atoms with E-state index >= 15 is 0 Å². The minimum absolute atomic E-state index is 0.333. The molecule has 1 aliphatic heterocycles. The molecule has 110 valence electrons. The summed E-state index contributed by atoms with van der Waals surface area (Å²) in [5.74, 6) is 0.824. The van der Waals surface area contributed by atoms with E-state index in [0.717, 1.165) is 12.5 Å². The predicted octanol–water partition coefficient (Wildman–Crippen LogP) is 4.17. The third-order valence-electron chi connectivity index (χ3n) is 4.93. The van der Waals surface area contributed by atoms with E-state index in [-0.39, 0.29) is 0 Å². The number of benzene rings is 1. The van der Waals surface area contributed by atoms with Crippen LogP contribution in [0.15, 0.2) is 24.3 Å². The first-order valence-electron chi connectivity index (χ1n) is 8.26. The van der Waals surface area contributed by atoms with E-state index < -0.39 is 0 Å². The topological polar surface area (TPSA) is 21.3 Å². The lowest BCUT2D eigenvalue weighted by atomic mass is 9.79. The second-order valence-corrected chi connectivity index (χ2v) is 6.39. The Labute approximate surface area is 122 Å². The Hall–Kier alpha value is -0.860. The molecule has 2 nitrogen and oxygen atoms in total. The summed E-state index contributed by atoms with van der Waals surface area (Å²) in [6.45, 7) is 5.35. The van der Waals surface area contributed by atoms with Crippen molar-refractivity contribution in [3.05, 3.63) is 35.4 Å². The second-order valence-electron chi connectivity index (χ2n) is 6.39. The number of nitrogens with one attached hydrogen (secondary N) is 1. The van der Waals surface area contributed by atoms with Gasteiger partial charge >= 0.3 is 0 Å². The first kappa shape index (κ1) is 14.1. The van der Waals surface area contributed by atoms with Crippen LogP contribution in [-0.4, -0.2) is 18.8 Å². The van der Waals surface area contributed by atoms with Gasteiger partial charge in [0.15, 0.2) is 0 Å². The molecule has 1 saturated heterocycles. The van der Waals surface area contributed by atoms with Gasteiger partial charge in [-0.25, -0.2) is 0 Å². The van der Waals surface area contributed by atoms with E-state index in [1.165, 1.54) is 43.2 Å². The number of hydrogen-bond acceptors (Lipinski definition) is 2. The normalized spacial score (nSPS) is 28.3. The lowest BCUT2D eigenvalue weighted by Gasteiger charge is -2.28. The summed E-state index contributed by atoms with van der Waals surface area (Å²) in [5.41, 5.74) is 2.91. The molecule has 3 unspecified atom stereocenters. The van der Waals surface area contributed by atoms with Crippen molar-refractivity contribution in [1.82, 2.24) is 5.32 Å². The average molecular weight is 273 g/mol. The molecule has 0 aromatic heterocycles. The third-order valence-corrected chi connectivity index (χ3v) is 4.93. The van der Waals surface area contributed by atoms with E-state index in [1.54, 1.807) is 0 Å². The summed E-state index contributed by atoms with van der Waals surface area (Å²) in [4.78, 5) is 0. The Morgan fingerprint density at radius 2 is 1.90 bits per heavy atom. The minimum atomic E-state index is 0.333.